The molecule has 0 aliphatic rings. The van der Waals surface area contributed by atoms with Crippen molar-refractivity contribution >= 4 is 34.8 Å². The van der Waals surface area contributed by atoms with E-state index in [1.807, 2.05) is 0 Å². The van der Waals surface area contributed by atoms with Gasteiger partial charge in [0.1, 0.15) is 17.2 Å². The molecule has 2 N–H and O–H groups in total. The number of amides is 1. The third kappa shape index (κ3) is 5.44. The van der Waals surface area contributed by atoms with Crippen molar-refractivity contribution in [2.75, 3.05) is 5.43 Å². The average molecular weight is 507 g/mol. The van der Waals surface area contributed by atoms with E-state index < -0.39 is 17.6 Å². The Bertz CT molecular complexity index is 1310. The Morgan fingerprint density at radius 3 is 2.24 bits per heavy atom. The fourth-order valence-electron chi connectivity index (χ4n) is 2.95. The van der Waals surface area contributed by atoms with Crippen molar-refractivity contribution in [3.8, 4) is 17.3 Å². The molecule has 0 aliphatic carbocycles. The second-order valence-corrected chi connectivity index (χ2v) is 7.79. The summed E-state index contributed by atoms with van der Waals surface area (Å²) in [5.41, 5.74) is 4.99. The van der Waals surface area contributed by atoms with Crippen LogP contribution in [0.3, 0.4) is 0 Å². The molecule has 0 radical (unpaired) electrons. The number of hydrazine groups is 1. The van der Waals surface area contributed by atoms with Crippen LogP contribution in [-0.4, -0.2) is 15.5 Å². The van der Waals surface area contributed by atoms with Crippen molar-refractivity contribution in [2.24, 2.45) is 0 Å². The van der Waals surface area contributed by atoms with Gasteiger partial charge in [0.05, 0.1) is 16.3 Å². The molecule has 2 aromatic carbocycles. The minimum Gasteiger partial charge on any atom is -0.457 e. The van der Waals surface area contributed by atoms with E-state index in [1.54, 1.807) is 54.6 Å². The SMILES string of the molecule is O=C(NNc1ccc(Oc2ccc(Cl)cc2)cc1)c1cccn1-c1ncc(C(F)(F)F)cc1Cl. The van der Waals surface area contributed by atoms with Crippen molar-refractivity contribution in [3.63, 3.8) is 0 Å². The first-order chi connectivity index (χ1) is 16.2. The zero-order valence-electron chi connectivity index (χ0n) is 17.1. The number of pyridine rings is 1. The largest absolute Gasteiger partial charge is 0.457 e. The molecule has 0 saturated carbocycles. The quantitative estimate of drug-likeness (QED) is 0.284. The van der Waals surface area contributed by atoms with Crippen molar-refractivity contribution in [1.29, 1.82) is 0 Å². The minimum atomic E-state index is -4.58. The Morgan fingerprint density at radius 1 is 0.971 bits per heavy atom. The second-order valence-electron chi connectivity index (χ2n) is 6.95. The Morgan fingerprint density at radius 2 is 1.62 bits per heavy atom. The van der Waals surface area contributed by atoms with Crippen molar-refractivity contribution in [2.45, 2.75) is 6.18 Å². The molecular weight excluding hydrogens is 492 g/mol. The van der Waals surface area contributed by atoms with Crippen molar-refractivity contribution in [1.82, 2.24) is 15.0 Å². The molecule has 4 aromatic rings. The molecule has 174 valence electrons. The van der Waals surface area contributed by atoms with Gasteiger partial charge in [-0.3, -0.25) is 20.2 Å². The van der Waals surface area contributed by atoms with E-state index in [1.165, 1.54) is 16.8 Å². The molecule has 0 unspecified atom stereocenters. The molecule has 1 amide bonds. The van der Waals surface area contributed by atoms with Crippen LogP contribution in [0.15, 0.2) is 79.1 Å². The number of hydrogen-bond acceptors (Lipinski definition) is 4. The normalized spacial score (nSPS) is 11.2. The van der Waals surface area contributed by atoms with Crippen LogP contribution in [-0.2, 0) is 6.18 Å². The van der Waals surface area contributed by atoms with E-state index in [9.17, 15) is 18.0 Å². The molecule has 0 bridgehead atoms. The average Bonchev–Trinajstić information content (AvgIpc) is 3.29. The topological polar surface area (TPSA) is 68.2 Å². The number of aromatic nitrogens is 2. The number of nitrogens with zero attached hydrogens (tertiary/aromatic N) is 2. The number of ether oxygens (including phenoxy) is 1. The summed E-state index contributed by atoms with van der Waals surface area (Å²) in [6.45, 7) is 0. The smallest absolute Gasteiger partial charge is 0.417 e. The van der Waals surface area contributed by atoms with E-state index in [-0.39, 0.29) is 16.5 Å². The highest BCUT2D eigenvalue weighted by Crippen LogP contribution is 2.32. The Kier molecular flexibility index (Phi) is 6.67. The number of carbonyl (C=O) groups is 1. The van der Waals surface area contributed by atoms with Gasteiger partial charge in [-0.05, 0) is 66.7 Å². The fourth-order valence-corrected chi connectivity index (χ4v) is 3.34. The lowest BCUT2D eigenvalue weighted by molar-refractivity contribution is -0.137. The Hall–Kier alpha value is -3.69. The first-order valence-corrected chi connectivity index (χ1v) is 10.5. The van der Waals surface area contributed by atoms with Crippen molar-refractivity contribution in [3.05, 3.63) is 100 Å². The summed E-state index contributed by atoms with van der Waals surface area (Å²) >= 11 is 11.9. The summed E-state index contributed by atoms with van der Waals surface area (Å²) < 4.78 is 45.6. The molecule has 0 aliphatic heterocycles. The van der Waals surface area contributed by atoms with Gasteiger partial charge in [0, 0.05) is 17.4 Å². The minimum absolute atomic E-state index is 0.00600. The Labute approximate surface area is 201 Å². The number of nitrogens with one attached hydrogen (secondary N) is 2. The molecule has 34 heavy (non-hydrogen) atoms. The van der Waals surface area contributed by atoms with E-state index in [4.69, 9.17) is 27.9 Å². The lowest BCUT2D eigenvalue weighted by Gasteiger charge is -2.13. The number of halogens is 5. The lowest BCUT2D eigenvalue weighted by atomic mass is 10.2. The van der Waals surface area contributed by atoms with Gasteiger partial charge in [-0.15, -0.1) is 0 Å². The van der Waals surface area contributed by atoms with Gasteiger partial charge in [0.2, 0.25) is 0 Å². The van der Waals surface area contributed by atoms with Crippen LogP contribution in [0.4, 0.5) is 18.9 Å². The first kappa shape index (κ1) is 23.5. The summed E-state index contributed by atoms with van der Waals surface area (Å²) in [6.07, 6.45) is -2.44. The van der Waals surface area contributed by atoms with Gasteiger partial charge in [0.25, 0.3) is 5.91 Å². The number of carbonyl (C=O) groups excluding carboxylic acids is 1. The van der Waals surface area contributed by atoms with E-state index >= 15 is 0 Å². The Balaban J connectivity index is 1.42. The van der Waals surface area contributed by atoms with E-state index in [0.717, 1.165) is 6.07 Å². The molecule has 0 spiro atoms. The third-order valence-corrected chi connectivity index (χ3v) is 5.11. The summed E-state index contributed by atoms with van der Waals surface area (Å²) in [4.78, 5) is 16.5. The first-order valence-electron chi connectivity index (χ1n) is 9.71. The number of benzene rings is 2. The zero-order valence-corrected chi connectivity index (χ0v) is 18.6. The van der Waals surface area contributed by atoms with Gasteiger partial charge in [-0.2, -0.15) is 13.2 Å². The number of hydrogen-bond donors (Lipinski definition) is 2. The van der Waals surface area contributed by atoms with Crippen LogP contribution in [0, 0.1) is 0 Å². The maximum atomic E-state index is 12.9. The predicted octanol–water partition coefficient (Wildman–Crippen LogP) is 6.75. The third-order valence-electron chi connectivity index (χ3n) is 4.58. The van der Waals surface area contributed by atoms with E-state index in [2.05, 4.69) is 15.8 Å². The van der Waals surface area contributed by atoms with Crippen LogP contribution in [0.5, 0.6) is 11.5 Å². The number of anilines is 1. The highest BCUT2D eigenvalue weighted by atomic mass is 35.5. The maximum absolute atomic E-state index is 12.9. The standard InChI is InChI=1S/C23H15Cl2F3N4O2/c24-15-3-7-17(8-4-15)34-18-9-5-16(6-10-18)30-31-22(33)20-2-1-11-32(20)21-19(25)12-14(13-29-21)23(26,27)28/h1-13,30H,(H,31,33). The molecule has 0 saturated heterocycles. The van der Waals surface area contributed by atoms with Gasteiger partial charge in [0.15, 0.2) is 5.82 Å². The van der Waals surface area contributed by atoms with Crippen LogP contribution < -0.4 is 15.6 Å². The fraction of sp³-hybridized carbons (Fsp3) is 0.0435. The van der Waals surface area contributed by atoms with Crippen LogP contribution in [0.1, 0.15) is 16.1 Å². The zero-order chi connectivity index (χ0) is 24.3. The molecule has 11 heteroatoms. The highest BCUT2D eigenvalue weighted by molar-refractivity contribution is 6.32. The molecule has 0 fully saturated rings. The monoisotopic (exact) mass is 506 g/mol. The molecule has 6 nitrogen and oxygen atoms in total. The van der Waals surface area contributed by atoms with Crippen LogP contribution >= 0.6 is 23.2 Å². The lowest BCUT2D eigenvalue weighted by Crippen LogP contribution is -2.31. The number of rotatable bonds is 6. The summed E-state index contributed by atoms with van der Waals surface area (Å²) in [5, 5.41) is 0.356. The summed E-state index contributed by atoms with van der Waals surface area (Å²) in [7, 11) is 0. The molecule has 2 aromatic heterocycles. The van der Waals surface area contributed by atoms with Gasteiger partial charge in [-0.25, -0.2) is 4.98 Å². The maximum Gasteiger partial charge on any atom is 0.417 e. The number of alkyl halides is 3. The predicted molar refractivity (Wildman–Crippen MR) is 123 cm³/mol. The van der Waals surface area contributed by atoms with Crippen molar-refractivity contribution < 1.29 is 22.7 Å². The second kappa shape index (κ2) is 9.66. The summed E-state index contributed by atoms with van der Waals surface area (Å²) in [6, 6.07) is 17.5. The van der Waals surface area contributed by atoms with Crippen LogP contribution in [0.25, 0.3) is 5.82 Å². The van der Waals surface area contributed by atoms with Gasteiger partial charge in [-0.1, -0.05) is 23.2 Å². The summed E-state index contributed by atoms with van der Waals surface area (Å²) in [5.74, 6) is 0.642. The van der Waals surface area contributed by atoms with E-state index in [0.29, 0.717) is 28.4 Å². The van der Waals surface area contributed by atoms with Crippen LogP contribution in [0.2, 0.25) is 10.0 Å². The molecule has 4 rings (SSSR count). The van der Waals surface area contributed by atoms with Gasteiger partial charge < -0.3 is 4.74 Å². The molecule has 0 atom stereocenters. The molecule has 2 heterocycles. The molecular formula is C23H15Cl2F3N4O2. The van der Waals surface area contributed by atoms with Gasteiger partial charge >= 0.3 is 6.18 Å². The highest BCUT2D eigenvalue weighted by Gasteiger charge is 2.32.